The highest BCUT2D eigenvalue weighted by Crippen LogP contribution is 2.05. The van der Waals surface area contributed by atoms with Crippen LogP contribution < -0.4 is 5.32 Å². The lowest BCUT2D eigenvalue weighted by atomic mass is 10.2. The molecule has 2 N–H and O–H groups in total. The minimum absolute atomic E-state index is 0.218. The number of pyridine rings is 1. The molecule has 86 valence electrons. The molecule has 0 aliphatic rings. The fourth-order valence-corrected chi connectivity index (χ4v) is 1.28. The van der Waals surface area contributed by atoms with Crippen molar-refractivity contribution >= 4 is 11.8 Å². The summed E-state index contributed by atoms with van der Waals surface area (Å²) in [5.74, 6) is -0.344. The summed E-state index contributed by atoms with van der Waals surface area (Å²) < 4.78 is 0. The van der Waals surface area contributed by atoms with E-state index >= 15 is 0 Å². The van der Waals surface area contributed by atoms with E-state index in [1.54, 1.807) is 18.6 Å². The van der Waals surface area contributed by atoms with Crippen LogP contribution in [0.3, 0.4) is 0 Å². The van der Waals surface area contributed by atoms with E-state index in [4.69, 9.17) is 5.11 Å². The Morgan fingerprint density at radius 1 is 1.29 bits per heavy atom. The average molecular weight is 230 g/mol. The monoisotopic (exact) mass is 230 g/mol. The lowest BCUT2D eigenvalue weighted by Gasteiger charge is -2.04. The molecule has 0 aromatic carbocycles. The lowest BCUT2D eigenvalue weighted by molar-refractivity contribution is 0.0696. The highest BCUT2D eigenvalue weighted by molar-refractivity contribution is 5.87. The molecule has 6 nitrogen and oxygen atoms in total. The zero-order valence-corrected chi connectivity index (χ0v) is 8.87. The fraction of sp³-hybridized carbons (Fsp3) is 0.0909. The van der Waals surface area contributed by atoms with E-state index in [0.29, 0.717) is 18.1 Å². The zero-order valence-electron chi connectivity index (χ0n) is 8.87. The normalized spacial score (nSPS) is 9.88. The number of carboxylic acids is 1. The van der Waals surface area contributed by atoms with Crippen LogP contribution in [0.4, 0.5) is 5.82 Å². The molecule has 0 bridgehead atoms. The van der Waals surface area contributed by atoms with E-state index in [-0.39, 0.29) is 5.56 Å². The summed E-state index contributed by atoms with van der Waals surface area (Å²) in [7, 11) is 0. The Labute approximate surface area is 97.4 Å². The molecule has 0 fully saturated rings. The van der Waals surface area contributed by atoms with E-state index in [9.17, 15) is 4.79 Å². The summed E-state index contributed by atoms with van der Waals surface area (Å²) in [6.45, 7) is 0.403. The molecule has 2 heterocycles. The first-order valence-corrected chi connectivity index (χ1v) is 4.94. The maximum atomic E-state index is 10.8. The van der Waals surface area contributed by atoms with E-state index in [1.807, 2.05) is 0 Å². The first kappa shape index (κ1) is 11.0. The topological polar surface area (TPSA) is 88.0 Å². The second kappa shape index (κ2) is 5.02. The first-order chi connectivity index (χ1) is 8.25. The number of nitrogens with zero attached hydrogens (tertiary/aromatic N) is 3. The predicted molar refractivity (Wildman–Crippen MR) is 60.6 cm³/mol. The van der Waals surface area contributed by atoms with Gasteiger partial charge in [0.1, 0.15) is 5.82 Å². The molecule has 0 amide bonds. The zero-order chi connectivity index (χ0) is 12.1. The molecule has 0 spiro atoms. The van der Waals surface area contributed by atoms with Crippen molar-refractivity contribution in [3.05, 3.63) is 48.2 Å². The molecule has 2 rings (SSSR count). The summed E-state index contributed by atoms with van der Waals surface area (Å²) in [6, 6.07) is 2.97. The molecule has 0 saturated carbocycles. The van der Waals surface area contributed by atoms with Crippen molar-refractivity contribution in [2.24, 2.45) is 0 Å². The minimum atomic E-state index is -0.965. The van der Waals surface area contributed by atoms with Gasteiger partial charge in [-0.1, -0.05) is 0 Å². The van der Waals surface area contributed by atoms with Gasteiger partial charge in [0.05, 0.1) is 24.0 Å². The second-order valence-electron chi connectivity index (χ2n) is 3.29. The van der Waals surface area contributed by atoms with Crippen molar-refractivity contribution in [2.45, 2.75) is 6.54 Å². The molecule has 2 aromatic rings. The van der Waals surface area contributed by atoms with Gasteiger partial charge < -0.3 is 10.4 Å². The van der Waals surface area contributed by atoms with Gasteiger partial charge in [-0.05, 0) is 12.1 Å². The van der Waals surface area contributed by atoms with Crippen LogP contribution in [0.2, 0.25) is 0 Å². The molecular weight excluding hydrogens is 220 g/mol. The summed E-state index contributed by atoms with van der Waals surface area (Å²) in [6.07, 6.45) is 6.20. The molecule has 0 atom stereocenters. The van der Waals surface area contributed by atoms with Crippen molar-refractivity contribution < 1.29 is 9.90 Å². The Hall–Kier alpha value is -2.50. The summed E-state index contributed by atoms with van der Waals surface area (Å²) >= 11 is 0. The van der Waals surface area contributed by atoms with Crippen molar-refractivity contribution in [1.82, 2.24) is 15.0 Å². The quantitative estimate of drug-likeness (QED) is 0.820. The Kier molecular flexibility index (Phi) is 3.25. The van der Waals surface area contributed by atoms with Gasteiger partial charge in [-0.2, -0.15) is 0 Å². The van der Waals surface area contributed by atoms with E-state index in [1.165, 1.54) is 18.3 Å². The predicted octanol–water partition coefficient (Wildman–Crippen LogP) is 1.18. The number of carbonyl (C=O) groups is 1. The van der Waals surface area contributed by atoms with E-state index < -0.39 is 5.97 Å². The highest BCUT2D eigenvalue weighted by Gasteiger charge is 2.04. The van der Waals surface area contributed by atoms with Gasteiger partial charge in [-0.3, -0.25) is 9.97 Å². The van der Waals surface area contributed by atoms with Gasteiger partial charge in [0.25, 0.3) is 0 Å². The molecule has 17 heavy (non-hydrogen) atoms. The Bertz CT molecular complexity index is 516. The van der Waals surface area contributed by atoms with Crippen LogP contribution in [0.25, 0.3) is 0 Å². The first-order valence-electron chi connectivity index (χ1n) is 4.94. The number of hydrogen-bond acceptors (Lipinski definition) is 5. The smallest absolute Gasteiger partial charge is 0.335 e. The number of anilines is 1. The van der Waals surface area contributed by atoms with Gasteiger partial charge in [0.15, 0.2) is 0 Å². The third-order valence-corrected chi connectivity index (χ3v) is 2.08. The molecule has 2 aromatic heterocycles. The minimum Gasteiger partial charge on any atom is -0.478 e. The maximum absolute atomic E-state index is 10.8. The van der Waals surface area contributed by atoms with Crippen molar-refractivity contribution in [1.29, 1.82) is 0 Å². The van der Waals surface area contributed by atoms with Crippen LogP contribution >= 0.6 is 0 Å². The standard InChI is InChI=1S/C11H10N4O2/c16-11(17)8-1-2-13-9(5-8)6-15-10-7-12-3-4-14-10/h1-5,7H,6H2,(H,14,15)(H,16,17). The van der Waals surface area contributed by atoms with Crippen LogP contribution in [0.1, 0.15) is 16.1 Å². The van der Waals surface area contributed by atoms with Crippen LogP contribution in [0, 0.1) is 0 Å². The fourth-order valence-electron chi connectivity index (χ4n) is 1.28. The number of hydrogen-bond donors (Lipinski definition) is 2. The number of aromatic carboxylic acids is 1. The molecule has 0 radical (unpaired) electrons. The van der Waals surface area contributed by atoms with Gasteiger partial charge in [-0.25, -0.2) is 9.78 Å². The highest BCUT2D eigenvalue weighted by atomic mass is 16.4. The van der Waals surface area contributed by atoms with Crippen molar-refractivity contribution in [3.8, 4) is 0 Å². The molecule has 0 saturated heterocycles. The Morgan fingerprint density at radius 3 is 2.88 bits per heavy atom. The van der Waals surface area contributed by atoms with Crippen LogP contribution in [0.15, 0.2) is 36.9 Å². The molecule has 0 unspecified atom stereocenters. The number of aromatic nitrogens is 3. The molecule has 6 heteroatoms. The van der Waals surface area contributed by atoms with E-state index in [0.717, 1.165) is 0 Å². The SMILES string of the molecule is O=C(O)c1ccnc(CNc2cnccn2)c1. The number of rotatable bonds is 4. The second-order valence-corrected chi connectivity index (χ2v) is 3.29. The number of nitrogens with one attached hydrogen (secondary N) is 1. The largest absolute Gasteiger partial charge is 0.478 e. The summed E-state index contributed by atoms with van der Waals surface area (Å²) in [5, 5.41) is 11.8. The maximum Gasteiger partial charge on any atom is 0.335 e. The van der Waals surface area contributed by atoms with Gasteiger partial charge in [0.2, 0.25) is 0 Å². The van der Waals surface area contributed by atoms with Crippen LogP contribution in [-0.4, -0.2) is 26.0 Å². The van der Waals surface area contributed by atoms with E-state index in [2.05, 4.69) is 20.3 Å². The average Bonchev–Trinajstić information content (AvgIpc) is 2.38. The third kappa shape index (κ3) is 2.97. The molecule has 0 aliphatic carbocycles. The van der Waals surface area contributed by atoms with Crippen LogP contribution in [0.5, 0.6) is 0 Å². The molecule has 0 aliphatic heterocycles. The molecular formula is C11H10N4O2. The summed E-state index contributed by atoms with van der Waals surface area (Å²) in [5.41, 5.74) is 0.853. The summed E-state index contributed by atoms with van der Waals surface area (Å²) in [4.78, 5) is 22.8. The van der Waals surface area contributed by atoms with Gasteiger partial charge in [0, 0.05) is 18.6 Å². The Balaban J connectivity index is 2.04. The van der Waals surface area contributed by atoms with Crippen molar-refractivity contribution in [3.63, 3.8) is 0 Å². The van der Waals surface area contributed by atoms with Crippen molar-refractivity contribution in [2.75, 3.05) is 5.32 Å². The van der Waals surface area contributed by atoms with Gasteiger partial charge >= 0.3 is 5.97 Å². The third-order valence-electron chi connectivity index (χ3n) is 2.08. The Morgan fingerprint density at radius 2 is 2.18 bits per heavy atom. The number of carboxylic acid groups (broad SMARTS) is 1. The lowest BCUT2D eigenvalue weighted by Crippen LogP contribution is -2.05. The van der Waals surface area contributed by atoms with Crippen LogP contribution in [-0.2, 0) is 6.54 Å². The van der Waals surface area contributed by atoms with Gasteiger partial charge in [-0.15, -0.1) is 0 Å².